The molecule has 6 heteroatoms. The summed E-state index contributed by atoms with van der Waals surface area (Å²) in [6, 6.07) is -0.482. The first-order chi connectivity index (χ1) is 9.66. The molecule has 2 aliphatic rings. The van der Waals surface area contributed by atoms with Crippen molar-refractivity contribution in [1.82, 2.24) is 10.2 Å². The van der Waals surface area contributed by atoms with Gasteiger partial charge in [0.05, 0.1) is 6.54 Å². The van der Waals surface area contributed by atoms with Gasteiger partial charge in [0.25, 0.3) is 0 Å². The van der Waals surface area contributed by atoms with Gasteiger partial charge in [-0.25, -0.2) is 0 Å². The minimum atomic E-state index is -0.801. The lowest BCUT2D eigenvalue weighted by Gasteiger charge is -2.32. The minimum absolute atomic E-state index is 0. The molecule has 0 aromatic carbocycles. The van der Waals surface area contributed by atoms with Crippen LogP contribution in [0, 0.1) is 5.92 Å². The van der Waals surface area contributed by atoms with Crippen LogP contribution in [0.1, 0.15) is 51.4 Å². The first-order valence-electron chi connectivity index (χ1n) is 7.90. The highest BCUT2D eigenvalue weighted by molar-refractivity contribution is 5.85. The Morgan fingerprint density at radius 1 is 1.05 bits per heavy atom. The molecule has 2 fully saturated rings. The maximum atomic E-state index is 12.0. The van der Waals surface area contributed by atoms with Gasteiger partial charge in [0, 0.05) is 6.54 Å². The van der Waals surface area contributed by atoms with Crippen LogP contribution in [0.4, 0.5) is 0 Å². The quantitative estimate of drug-likeness (QED) is 0.814. The monoisotopic (exact) mass is 318 g/mol. The van der Waals surface area contributed by atoms with Crippen LogP contribution in [-0.2, 0) is 9.59 Å². The molecule has 122 valence electrons. The number of piperidine rings is 1. The average molecular weight is 319 g/mol. The minimum Gasteiger partial charge on any atom is -0.480 e. The molecule has 1 amide bonds. The summed E-state index contributed by atoms with van der Waals surface area (Å²) in [5.41, 5.74) is 0. The molecule has 2 rings (SSSR count). The van der Waals surface area contributed by atoms with E-state index in [1.165, 1.54) is 32.1 Å². The Labute approximate surface area is 132 Å². The Kier molecular flexibility index (Phi) is 8.04. The fraction of sp³-hybridized carbons (Fsp3) is 0.867. The fourth-order valence-corrected chi connectivity index (χ4v) is 3.35. The lowest BCUT2D eigenvalue weighted by Crippen LogP contribution is -2.49. The number of aliphatic carboxylic acids is 1. The van der Waals surface area contributed by atoms with Crippen molar-refractivity contribution in [2.24, 2.45) is 5.92 Å². The molecule has 5 nitrogen and oxygen atoms in total. The van der Waals surface area contributed by atoms with E-state index in [4.69, 9.17) is 0 Å². The Balaban J connectivity index is 0.00000220. The normalized spacial score (nSPS) is 24.1. The maximum Gasteiger partial charge on any atom is 0.320 e. The van der Waals surface area contributed by atoms with Crippen LogP contribution >= 0.6 is 12.4 Å². The molecular weight excluding hydrogens is 292 g/mol. The van der Waals surface area contributed by atoms with Crippen molar-refractivity contribution in [3.8, 4) is 0 Å². The standard InChI is InChI=1S/C15H26N2O3.ClH/c18-14(16-10-12-6-2-1-3-7-12)11-17-9-5-4-8-13(17)15(19)20;/h12-13H,1-11H2,(H,16,18)(H,19,20);1H. The molecule has 1 aliphatic carbocycles. The highest BCUT2D eigenvalue weighted by Gasteiger charge is 2.29. The predicted octanol–water partition coefficient (Wildman–Crippen LogP) is 2.04. The number of carboxylic acids is 1. The predicted molar refractivity (Wildman–Crippen MR) is 83.7 cm³/mol. The summed E-state index contributed by atoms with van der Waals surface area (Å²) >= 11 is 0. The smallest absolute Gasteiger partial charge is 0.320 e. The molecule has 1 saturated heterocycles. The summed E-state index contributed by atoms with van der Waals surface area (Å²) in [6.45, 7) is 1.70. The van der Waals surface area contributed by atoms with Crippen LogP contribution in [0.3, 0.4) is 0 Å². The number of carboxylic acid groups (broad SMARTS) is 1. The van der Waals surface area contributed by atoms with Gasteiger partial charge in [-0.2, -0.15) is 0 Å². The number of hydrogen-bond donors (Lipinski definition) is 2. The van der Waals surface area contributed by atoms with E-state index in [9.17, 15) is 14.7 Å². The Morgan fingerprint density at radius 2 is 1.71 bits per heavy atom. The zero-order valence-corrected chi connectivity index (χ0v) is 13.4. The molecule has 0 aromatic heterocycles. The first-order valence-corrected chi connectivity index (χ1v) is 7.90. The van der Waals surface area contributed by atoms with Gasteiger partial charge in [0.2, 0.25) is 5.91 Å². The number of rotatable bonds is 5. The van der Waals surface area contributed by atoms with Crippen LogP contribution in [0.2, 0.25) is 0 Å². The van der Waals surface area contributed by atoms with Crippen molar-refractivity contribution in [3.05, 3.63) is 0 Å². The zero-order chi connectivity index (χ0) is 14.4. The molecule has 1 atom stereocenters. The second-order valence-corrected chi connectivity index (χ2v) is 6.13. The lowest BCUT2D eigenvalue weighted by atomic mass is 9.89. The largest absolute Gasteiger partial charge is 0.480 e. The molecule has 0 bridgehead atoms. The number of hydrogen-bond acceptors (Lipinski definition) is 3. The van der Waals surface area contributed by atoms with E-state index in [0.717, 1.165) is 19.4 Å². The van der Waals surface area contributed by atoms with Crippen molar-refractivity contribution in [3.63, 3.8) is 0 Å². The van der Waals surface area contributed by atoms with Gasteiger partial charge in [0.1, 0.15) is 6.04 Å². The molecule has 2 N–H and O–H groups in total. The van der Waals surface area contributed by atoms with Gasteiger partial charge < -0.3 is 10.4 Å². The van der Waals surface area contributed by atoms with E-state index in [1.54, 1.807) is 0 Å². The van der Waals surface area contributed by atoms with Crippen LogP contribution in [-0.4, -0.2) is 47.6 Å². The van der Waals surface area contributed by atoms with E-state index in [0.29, 0.717) is 18.9 Å². The highest BCUT2D eigenvalue weighted by Crippen LogP contribution is 2.22. The van der Waals surface area contributed by atoms with E-state index in [2.05, 4.69) is 5.32 Å². The molecule has 1 heterocycles. The number of carbonyl (C=O) groups excluding carboxylic acids is 1. The summed E-state index contributed by atoms with van der Waals surface area (Å²) in [5.74, 6) is -0.210. The SMILES string of the molecule is Cl.O=C(CN1CCCCC1C(=O)O)NCC1CCCCC1. The first kappa shape index (κ1) is 18.2. The summed E-state index contributed by atoms with van der Waals surface area (Å²) < 4.78 is 0. The van der Waals surface area contributed by atoms with E-state index < -0.39 is 12.0 Å². The number of halogens is 1. The van der Waals surface area contributed by atoms with Crippen molar-refractivity contribution in [1.29, 1.82) is 0 Å². The number of likely N-dealkylation sites (tertiary alicyclic amines) is 1. The third kappa shape index (κ3) is 5.83. The second kappa shape index (κ2) is 9.26. The van der Waals surface area contributed by atoms with Gasteiger partial charge in [-0.3, -0.25) is 14.5 Å². The molecule has 1 aliphatic heterocycles. The maximum absolute atomic E-state index is 12.0. The fourth-order valence-electron chi connectivity index (χ4n) is 3.35. The molecule has 1 unspecified atom stereocenters. The average Bonchev–Trinajstić information content (AvgIpc) is 2.46. The second-order valence-electron chi connectivity index (χ2n) is 6.13. The third-order valence-electron chi connectivity index (χ3n) is 4.56. The van der Waals surface area contributed by atoms with Crippen molar-refractivity contribution in [2.75, 3.05) is 19.6 Å². The molecule has 1 saturated carbocycles. The van der Waals surface area contributed by atoms with Gasteiger partial charge in [0.15, 0.2) is 0 Å². The summed E-state index contributed by atoms with van der Waals surface area (Å²) in [7, 11) is 0. The van der Waals surface area contributed by atoms with Crippen LogP contribution in [0.15, 0.2) is 0 Å². The Bertz CT molecular complexity index is 346. The van der Waals surface area contributed by atoms with E-state index >= 15 is 0 Å². The third-order valence-corrected chi connectivity index (χ3v) is 4.56. The molecular formula is C15H27ClN2O3. The van der Waals surface area contributed by atoms with Crippen molar-refractivity contribution in [2.45, 2.75) is 57.4 Å². The van der Waals surface area contributed by atoms with Crippen LogP contribution < -0.4 is 5.32 Å². The van der Waals surface area contributed by atoms with Gasteiger partial charge in [-0.15, -0.1) is 12.4 Å². The van der Waals surface area contributed by atoms with Gasteiger partial charge in [-0.1, -0.05) is 25.7 Å². The van der Waals surface area contributed by atoms with Gasteiger partial charge >= 0.3 is 5.97 Å². The van der Waals surface area contributed by atoms with Gasteiger partial charge in [-0.05, 0) is 38.1 Å². The van der Waals surface area contributed by atoms with Crippen LogP contribution in [0.25, 0.3) is 0 Å². The number of amides is 1. The van der Waals surface area contributed by atoms with Crippen LogP contribution in [0.5, 0.6) is 0 Å². The topological polar surface area (TPSA) is 69.6 Å². The van der Waals surface area contributed by atoms with E-state index in [-0.39, 0.29) is 24.9 Å². The molecule has 0 aromatic rings. The number of nitrogens with zero attached hydrogens (tertiary/aromatic N) is 1. The zero-order valence-electron chi connectivity index (χ0n) is 12.6. The van der Waals surface area contributed by atoms with Crippen molar-refractivity contribution >= 4 is 24.3 Å². The molecule has 21 heavy (non-hydrogen) atoms. The Hall–Kier alpha value is -0.810. The van der Waals surface area contributed by atoms with E-state index in [1.807, 2.05) is 4.90 Å². The number of carbonyl (C=O) groups is 2. The highest BCUT2D eigenvalue weighted by atomic mass is 35.5. The lowest BCUT2D eigenvalue weighted by molar-refractivity contribution is -0.145. The molecule has 0 radical (unpaired) electrons. The summed E-state index contributed by atoms with van der Waals surface area (Å²) in [4.78, 5) is 25.0. The molecule has 0 spiro atoms. The summed E-state index contributed by atoms with van der Waals surface area (Å²) in [6.07, 6.45) is 8.87. The Morgan fingerprint density at radius 3 is 2.38 bits per heavy atom. The summed E-state index contributed by atoms with van der Waals surface area (Å²) in [5, 5.41) is 12.2. The number of nitrogens with one attached hydrogen (secondary N) is 1. The van der Waals surface area contributed by atoms with Crippen molar-refractivity contribution < 1.29 is 14.7 Å².